The first-order chi connectivity index (χ1) is 11.9. The molecule has 25 heavy (non-hydrogen) atoms. The number of rotatable bonds is 0. The number of phenols is 1. The van der Waals surface area contributed by atoms with E-state index in [1.807, 2.05) is 26.2 Å². The zero-order chi connectivity index (χ0) is 17.5. The maximum atomic E-state index is 12.7. The minimum atomic E-state index is 0.125. The molecule has 3 aliphatic rings. The van der Waals surface area contributed by atoms with Crippen molar-refractivity contribution >= 4 is 0 Å². The van der Waals surface area contributed by atoms with Crippen LogP contribution in [0.2, 0.25) is 0 Å². The fourth-order valence-electron chi connectivity index (χ4n) is 6.46. The summed E-state index contributed by atoms with van der Waals surface area (Å²) in [6.45, 7) is 2.39. The summed E-state index contributed by atoms with van der Waals surface area (Å²) in [5, 5.41) is 9.81. The Labute approximate surface area is 148 Å². The van der Waals surface area contributed by atoms with E-state index in [1.54, 1.807) is 4.68 Å². The minimum absolute atomic E-state index is 0.125. The van der Waals surface area contributed by atoms with Gasteiger partial charge in [-0.25, -0.2) is 0 Å². The Morgan fingerprint density at radius 2 is 2.00 bits per heavy atom. The Morgan fingerprint density at radius 3 is 2.80 bits per heavy atom. The first-order valence-electron chi connectivity index (χ1n) is 9.49. The van der Waals surface area contributed by atoms with Gasteiger partial charge in [0.2, 0.25) is 0 Å². The van der Waals surface area contributed by atoms with Crippen molar-refractivity contribution in [1.82, 2.24) is 9.36 Å². The second-order valence-corrected chi connectivity index (χ2v) is 8.64. The molecule has 4 heteroatoms. The summed E-state index contributed by atoms with van der Waals surface area (Å²) in [5.41, 5.74) is 5.46. The van der Waals surface area contributed by atoms with Gasteiger partial charge in [0.05, 0.1) is 0 Å². The maximum absolute atomic E-state index is 12.7. The lowest BCUT2D eigenvalue weighted by Crippen LogP contribution is -2.44. The minimum Gasteiger partial charge on any atom is -0.508 e. The smallest absolute Gasteiger partial charge is 0.269 e. The van der Waals surface area contributed by atoms with Crippen molar-refractivity contribution in [1.29, 1.82) is 0 Å². The fraction of sp³-hybridized carbons (Fsp3) is 0.571. The van der Waals surface area contributed by atoms with Crippen molar-refractivity contribution in [3.63, 3.8) is 0 Å². The van der Waals surface area contributed by atoms with E-state index in [-0.39, 0.29) is 11.0 Å². The van der Waals surface area contributed by atoms with Crippen LogP contribution in [0.5, 0.6) is 5.75 Å². The van der Waals surface area contributed by atoms with E-state index in [0.717, 1.165) is 24.8 Å². The highest BCUT2D eigenvalue weighted by Gasteiger charge is 2.55. The van der Waals surface area contributed by atoms with Crippen LogP contribution in [-0.4, -0.2) is 14.5 Å². The van der Waals surface area contributed by atoms with Gasteiger partial charge in [-0.15, -0.1) is 0 Å². The molecule has 0 radical (unpaired) electrons. The highest BCUT2D eigenvalue weighted by atomic mass is 16.3. The Balaban J connectivity index is 1.59. The molecule has 1 fully saturated rings. The Hall–Kier alpha value is -1.97. The van der Waals surface area contributed by atoms with Gasteiger partial charge in [-0.2, -0.15) is 0 Å². The van der Waals surface area contributed by atoms with E-state index >= 15 is 0 Å². The zero-order valence-corrected chi connectivity index (χ0v) is 15.2. The predicted molar refractivity (Wildman–Crippen MR) is 97.1 cm³/mol. The van der Waals surface area contributed by atoms with E-state index in [4.69, 9.17) is 0 Å². The molecule has 4 atom stereocenters. The van der Waals surface area contributed by atoms with Crippen LogP contribution in [0.15, 0.2) is 23.0 Å². The number of nitrogens with zero attached hydrogens (tertiary/aromatic N) is 2. The highest BCUT2D eigenvalue weighted by Crippen LogP contribution is 2.59. The molecule has 1 heterocycles. The normalized spacial score (nSPS) is 32.7. The van der Waals surface area contributed by atoms with E-state index < -0.39 is 0 Å². The van der Waals surface area contributed by atoms with E-state index in [1.165, 1.54) is 29.7 Å². The predicted octanol–water partition coefficient (Wildman–Crippen LogP) is 3.00. The summed E-state index contributed by atoms with van der Waals surface area (Å²) in [7, 11) is 3.92. The summed E-state index contributed by atoms with van der Waals surface area (Å²) >= 11 is 0. The van der Waals surface area contributed by atoms with Crippen LogP contribution in [-0.2, 0) is 32.4 Å². The molecule has 0 spiro atoms. The van der Waals surface area contributed by atoms with Gasteiger partial charge in [-0.1, -0.05) is 13.0 Å². The molecule has 4 unspecified atom stereocenters. The molecular weight excluding hydrogens is 312 g/mol. The van der Waals surface area contributed by atoms with Crippen LogP contribution in [0, 0.1) is 11.8 Å². The Morgan fingerprint density at radius 1 is 1.20 bits per heavy atom. The highest BCUT2D eigenvalue weighted by molar-refractivity contribution is 5.43. The van der Waals surface area contributed by atoms with Gasteiger partial charge in [0, 0.05) is 30.8 Å². The van der Waals surface area contributed by atoms with E-state index in [0.29, 0.717) is 23.5 Å². The molecule has 3 aliphatic carbocycles. The molecule has 0 aliphatic heterocycles. The van der Waals surface area contributed by atoms with E-state index in [9.17, 15) is 9.90 Å². The summed E-state index contributed by atoms with van der Waals surface area (Å²) in [5.74, 6) is 2.18. The summed E-state index contributed by atoms with van der Waals surface area (Å²) in [4.78, 5) is 12.7. The molecule has 2 aromatic rings. The van der Waals surface area contributed by atoms with Crippen molar-refractivity contribution < 1.29 is 5.11 Å². The number of aromatic hydroxyl groups is 1. The monoisotopic (exact) mass is 338 g/mol. The van der Waals surface area contributed by atoms with Gasteiger partial charge >= 0.3 is 0 Å². The SMILES string of the molecule is Cn1c2c(c(=O)n1C)CC1C3CCc4cc(O)ccc4C3CCC21C. The van der Waals surface area contributed by atoms with Gasteiger partial charge in [0.25, 0.3) is 5.56 Å². The van der Waals surface area contributed by atoms with Crippen molar-refractivity contribution in [3.8, 4) is 5.75 Å². The molecule has 1 N–H and O–H groups in total. The van der Waals surface area contributed by atoms with Crippen molar-refractivity contribution in [2.24, 2.45) is 25.9 Å². The average molecular weight is 338 g/mol. The van der Waals surface area contributed by atoms with Crippen LogP contribution < -0.4 is 5.56 Å². The summed E-state index contributed by atoms with van der Waals surface area (Å²) in [6, 6.07) is 5.94. The molecule has 0 saturated heterocycles. The summed E-state index contributed by atoms with van der Waals surface area (Å²) in [6.07, 6.45) is 5.48. The largest absolute Gasteiger partial charge is 0.508 e. The Bertz CT molecular complexity index is 938. The lowest BCUT2D eigenvalue weighted by Gasteiger charge is -2.49. The third-order valence-electron chi connectivity index (χ3n) is 7.68. The molecule has 4 nitrogen and oxygen atoms in total. The van der Waals surface area contributed by atoms with Gasteiger partial charge in [-0.3, -0.25) is 14.2 Å². The molecular formula is C21H26N2O2. The van der Waals surface area contributed by atoms with Crippen LogP contribution in [0.1, 0.15) is 54.5 Å². The van der Waals surface area contributed by atoms with E-state index in [2.05, 4.69) is 17.7 Å². The molecule has 132 valence electrons. The third kappa shape index (κ3) is 1.80. The Kier molecular flexibility index (Phi) is 2.94. The number of hydrogen-bond donors (Lipinski definition) is 1. The van der Waals surface area contributed by atoms with Gasteiger partial charge in [-0.05, 0) is 73.1 Å². The average Bonchev–Trinajstić information content (AvgIpc) is 3.02. The lowest BCUT2D eigenvalue weighted by atomic mass is 9.55. The lowest BCUT2D eigenvalue weighted by molar-refractivity contribution is 0.0993. The number of hydrogen-bond acceptors (Lipinski definition) is 2. The molecule has 1 aromatic heterocycles. The maximum Gasteiger partial charge on any atom is 0.269 e. The van der Waals surface area contributed by atoms with Crippen molar-refractivity contribution in [3.05, 3.63) is 50.9 Å². The standard InChI is InChI=1S/C21H26N2O2/c1-21-9-8-15-14-7-5-13(24)10-12(14)4-6-16(15)18(21)11-17-19(21)22(2)23(3)20(17)25/h5,7,10,15-16,18,24H,4,6,8-9,11H2,1-3H3. The topological polar surface area (TPSA) is 47.2 Å². The quantitative estimate of drug-likeness (QED) is 0.803. The molecule has 5 rings (SSSR count). The summed E-state index contributed by atoms with van der Waals surface area (Å²) < 4.78 is 3.88. The number of aromatic nitrogens is 2. The first-order valence-corrected chi connectivity index (χ1v) is 9.49. The molecule has 0 bridgehead atoms. The number of aryl methyl sites for hydroxylation is 1. The number of phenolic OH excluding ortho intramolecular Hbond substituents is 1. The number of fused-ring (bicyclic) bond motifs is 7. The second kappa shape index (κ2) is 4.80. The molecule has 1 saturated carbocycles. The van der Waals surface area contributed by atoms with Crippen LogP contribution in [0.3, 0.4) is 0 Å². The zero-order valence-electron chi connectivity index (χ0n) is 15.2. The second-order valence-electron chi connectivity index (χ2n) is 8.64. The van der Waals surface area contributed by atoms with Gasteiger partial charge in [0.1, 0.15) is 5.75 Å². The van der Waals surface area contributed by atoms with Gasteiger partial charge in [0.15, 0.2) is 0 Å². The first kappa shape index (κ1) is 15.3. The van der Waals surface area contributed by atoms with Crippen LogP contribution in [0.4, 0.5) is 0 Å². The van der Waals surface area contributed by atoms with Crippen molar-refractivity contribution in [2.45, 2.75) is 50.4 Å². The van der Waals surface area contributed by atoms with Crippen molar-refractivity contribution in [2.75, 3.05) is 0 Å². The molecule has 0 amide bonds. The van der Waals surface area contributed by atoms with Crippen LogP contribution in [0.25, 0.3) is 0 Å². The fourth-order valence-corrected chi connectivity index (χ4v) is 6.46. The van der Waals surface area contributed by atoms with Crippen LogP contribution >= 0.6 is 0 Å². The van der Waals surface area contributed by atoms with Gasteiger partial charge < -0.3 is 5.11 Å². The third-order valence-corrected chi connectivity index (χ3v) is 7.68. The molecule has 1 aromatic carbocycles. The number of benzene rings is 1.